The van der Waals surface area contributed by atoms with Crippen LogP contribution in [0.15, 0.2) is 40.7 Å². The zero-order valence-electron chi connectivity index (χ0n) is 17.4. The van der Waals surface area contributed by atoms with Crippen LogP contribution in [-0.4, -0.2) is 25.2 Å². The van der Waals surface area contributed by atoms with Crippen LogP contribution in [0.5, 0.6) is 11.5 Å². The highest BCUT2D eigenvalue weighted by Crippen LogP contribution is 2.48. The number of ketones is 1. The lowest BCUT2D eigenvalue weighted by molar-refractivity contribution is -0.139. The molecule has 29 heavy (non-hydrogen) atoms. The molecular formula is C23H27NO5. The zero-order chi connectivity index (χ0) is 20.8. The van der Waals surface area contributed by atoms with Gasteiger partial charge in [0.25, 0.3) is 0 Å². The Hall–Kier alpha value is -2.76. The number of hydrogen-bond acceptors (Lipinski definition) is 6. The Morgan fingerprint density at radius 3 is 2.76 bits per heavy atom. The molecule has 0 aromatic heterocycles. The molecule has 0 saturated carbocycles. The summed E-state index contributed by atoms with van der Waals surface area (Å²) in [5, 5.41) is 3.35. The molecule has 6 heteroatoms. The van der Waals surface area contributed by atoms with E-state index in [2.05, 4.69) is 19.2 Å². The monoisotopic (exact) mass is 397 g/mol. The molecule has 0 radical (unpaired) electrons. The summed E-state index contributed by atoms with van der Waals surface area (Å²) in [6.45, 7) is 8.53. The van der Waals surface area contributed by atoms with Crippen LogP contribution in [0.1, 0.15) is 58.4 Å². The normalized spacial score (nSPS) is 22.3. The van der Waals surface area contributed by atoms with Crippen molar-refractivity contribution in [1.29, 1.82) is 0 Å². The Labute approximate surface area is 170 Å². The molecule has 0 spiro atoms. The van der Waals surface area contributed by atoms with Crippen molar-refractivity contribution in [1.82, 2.24) is 5.32 Å². The standard InChI is InChI=1S/C23H27NO5/c1-5-8-27-22(26)19-13(2)24-15-10-23(3,4)11-16(25)21(15)20(19)14-6-7-17-18(9-14)29-12-28-17/h6-7,9,20,24H,5,8,10-12H2,1-4H3/t20-/m0/s1. The van der Waals surface area contributed by atoms with Gasteiger partial charge in [0, 0.05) is 29.3 Å². The molecule has 0 bridgehead atoms. The molecule has 0 saturated heterocycles. The summed E-state index contributed by atoms with van der Waals surface area (Å²) >= 11 is 0. The third kappa shape index (κ3) is 3.52. The van der Waals surface area contributed by atoms with Crippen molar-refractivity contribution >= 4 is 11.8 Å². The van der Waals surface area contributed by atoms with E-state index in [1.165, 1.54) is 0 Å². The predicted octanol–water partition coefficient (Wildman–Crippen LogP) is 3.97. The van der Waals surface area contributed by atoms with Gasteiger partial charge in [-0.3, -0.25) is 4.79 Å². The van der Waals surface area contributed by atoms with Crippen LogP contribution in [0.2, 0.25) is 0 Å². The van der Waals surface area contributed by atoms with E-state index in [-0.39, 0.29) is 24.0 Å². The van der Waals surface area contributed by atoms with E-state index in [0.717, 1.165) is 29.8 Å². The Bertz CT molecular complexity index is 941. The van der Waals surface area contributed by atoms with E-state index >= 15 is 0 Å². The molecule has 4 rings (SSSR count). The number of esters is 1. The summed E-state index contributed by atoms with van der Waals surface area (Å²) < 4.78 is 16.4. The van der Waals surface area contributed by atoms with Gasteiger partial charge < -0.3 is 19.5 Å². The molecule has 1 aliphatic carbocycles. The van der Waals surface area contributed by atoms with Crippen molar-refractivity contribution in [2.75, 3.05) is 13.4 Å². The topological polar surface area (TPSA) is 73.9 Å². The summed E-state index contributed by atoms with van der Waals surface area (Å²) in [6, 6.07) is 5.61. The quantitative estimate of drug-likeness (QED) is 0.775. The molecule has 1 atom stereocenters. The molecule has 1 aromatic rings. The second-order valence-electron chi connectivity index (χ2n) is 8.68. The van der Waals surface area contributed by atoms with Crippen LogP contribution >= 0.6 is 0 Å². The van der Waals surface area contributed by atoms with Crippen LogP contribution in [0.3, 0.4) is 0 Å². The first-order chi connectivity index (χ1) is 13.8. The van der Waals surface area contributed by atoms with Gasteiger partial charge in [-0.05, 0) is 42.9 Å². The van der Waals surface area contributed by atoms with Gasteiger partial charge in [0.15, 0.2) is 17.3 Å². The lowest BCUT2D eigenvalue weighted by Gasteiger charge is -2.39. The van der Waals surface area contributed by atoms with E-state index < -0.39 is 5.92 Å². The van der Waals surface area contributed by atoms with Gasteiger partial charge in [-0.1, -0.05) is 26.8 Å². The number of rotatable bonds is 4. The summed E-state index contributed by atoms with van der Waals surface area (Å²) in [6.07, 6.45) is 1.94. The predicted molar refractivity (Wildman–Crippen MR) is 107 cm³/mol. The number of hydrogen-bond donors (Lipinski definition) is 1. The number of benzene rings is 1. The van der Waals surface area contributed by atoms with Crippen molar-refractivity contribution in [2.24, 2.45) is 5.41 Å². The van der Waals surface area contributed by atoms with Crippen molar-refractivity contribution in [2.45, 2.75) is 52.9 Å². The maximum Gasteiger partial charge on any atom is 0.336 e. The average Bonchev–Trinajstić information content (AvgIpc) is 3.11. The highest BCUT2D eigenvalue weighted by molar-refractivity contribution is 6.04. The SMILES string of the molecule is CCCOC(=O)C1=C(C)NC2=C(C(=O)CC(C)(C)C2)[C@H]1c1ccc2c(c1)OCO2. The minimum absolute atomic E-state index is 0.0692. The minimum Gasteiger partial charge on any atom is -0.462 e. The van der Waals surface area contributed by atoms with Gasteiger partial charge in [-0.15, -0.1) is 0 Å². The van der Waals surface area contributed by atoms with Gasteiger partial charge in [-0.25, -0.2) is 4.79 Å². The first kappa shape index (κ1) is 19.6. The highest BCUT2D eigenvalue weighted by Gasteiger charge is 2.43. The molecule has 1 aromatic carbocycles. The largest absolute Gasteiger partial charge is 0.462 e. The number of ether oxygens (including phenoxy) is 3. The van der Waals surface area contributed by atoms with E-state index in [1.54, 1.807) is 0 Å². The number of carbonyl (C=O) groups excluding carboxylic acids is 2. The molecule has 3 aliphatic rings. The molecule has 1 N–H and O–H groups in total. The fourth-order valence-electron chi connectivity index (χ4n) is 4.41. The molecule has 0 fully saturated rings. The van der Waals surface area contributed by atoms with Crippen LogP contribution in [-0.2, 0) is 14.3 Å². The molecule has 154 valence electrons. The number of dihydropyridines is 1. The second-order valence-corrected chi connectivity index (χ2v) is 8.68. The smallest absolute Gasteiger partial charge is 0.336 e. The fraction of sp³-hybridized carbons (Fsp3) is 0.478. The van der Waals surface area contributed by atoms with Gasteiger partial charge in [-0.2, -0.15) is 0 Å². The molecule has 6 nitrogen and oxygen atoms in total. The summed E-state index contributed by atoms with van der Waals surface area (Å²) in [5.74, 6) is 0.506. The minimum atomic E-state index is -0.478. The van der Waals surface area contributed by atoms with Crippen LogP contribution in [0.25, 0.3) is 0 Å². The lowest BCUT2D eigenvalue weighted by Crippen LogP contribution is -2.38. The molecule has 2 heterocycles. The lowest BCUT2D eigenvalue weighted by atomic mass is 9.68. The number of nitrogens with one attached hydrogen (secondary N) is 1. The van der Waals surface area contributed by atoms with Crippen molar-refractivity contribution < 1.29 is 23.8 Å². The van der Waals surface area contributed by atoms with Crippen molar-refractivity contribution in [3.8, 4) is 11.5 Å². The maximum absolute atomic E-state index is 13.2. The number of allylic oxidation sites excluding steroid dienone is 3. The number of carbonyl (C=O) groups is 2. The summed E-state index contributed by atoms with van der Waals surface area (Å²) in [7, 11) is 0. The molecule has 2 aliphatic heterocycles. The maximum atomic E-state index is 13.2. The zero-order valence-corrected chi connectivity index (χ0v) is 17.4. The number of fused-ring (bicyclic) bond motifs is 1. The summed E-state index contributed by atoms with van der Waals surface area (Å²) in [5.41, 5.74) is 3.50. The Morgan fingerprint density at radius 1 is 1.24 bits per heavy atom. The van der Waals surface area contributed by atoms with E-state index in [1.807, 2.05) is 32.0 Å². The van der Waals surface area contributed by atoms with Gasteiger partial charge in [0.1, 0.15) is 0 Å². The highest BCUT2D eigenvalue weighted by atomic mass is 16.7. The van der Waals surface area contributed by atoms with Crippen LogP contribution in [0.4, 0.5) is 0 Å². The molecule has 0 amide bonds. The van der Waals surface area contributed by atoms with Gasteiger partial charge in [0.05, 0.1) is 12.2 Å². The van der Waals surface area contributed by atoms with Crippen LogP contribution in [0, 0.1) is 5.41 Å². The molecular weight excluding hydrogens is 370 g/mol. The molecule has 0 unspecified atom stereocenters. The Kier molecular flexibility index (Phi) is 4.89. The third-order valence-electron chi connectivity index (χ3n) is 5.63. The van der Waals surface area contributed by atoms with Crippen molar-refractivity contribution in [3.05, 3.63) is 46.3 Å². The van der Waals surface area contributed by atoms with E-state index in [4.69, 9.17) is 14.2 Å². The van der Waals surface area contributed by atoms with E-state index in [0.29, 0.717) is 35.7 Å². The fourth-order valence-corrected chi connectivity index (χ4v) is 4.41. The second kappa shape index (κ2) is 7.25. The van der Waals surface area contributed by atoms with Gasteiger partial charge in [0.2, 0.25) is 6.79 Å². The third-order valence-corrected chi connectivity index (χ3v) is 5.63. The summed E-state index contributed by atoms with van der Waals surface area (Å²) in [4.78, 5) is 26.2. The first-order valence-electron chi connectivity index (χ1n) is 10.1. The van der Waals surface area contributed by atoms with E-state index in [9.17, 15) is 9.59 Å². The number of Topliss-reactive ketones (excluding diaryl/α,β-unsaturated/α-hetero) is 1. The van der Waals surface area contributed by atoms with Crippen LogP contribution < -0.4 is 14.8 Å². The Morgan fingerprint density at radius 2 is 2.00 bits per heavy atom. The average molecular weight is 397 g/mol. The van der Waals surface area contributed by atoms with Crippen molar-refractivity contribution in [3.63, 3.8) is 0 Å². The Balaban J connectivity index is 1.84. The first-order valence-corrected chi connectivity index (χ1v) is 10.1. The van der Waals surface area contributed by atoms with Gasteiger partial charge >= 0.3 is 5.97 Å².